The van der Waals surface area contributed by atoms with Crippen LogP contribution >= 0.6 is 11.3 Å². The molecule has 6 heteroatoms. The molecule has 1 unspecified atom stereocenters. The molecule has 0 aromatic carbocycles. The highest BCUT2D eigenvalue weighted by Gasteiger charge is 2.39. The summed E-state index contributed by atoms with van der Waals surface area (Å²) >= 11 is 1.70. The van der Waals surface area contributed by atoms with E-state index in [1.807, 2.05) is 18.0 Å². The number of hydrogen-bond donors (Lipinski definition) is 0. The zero-order valence-corrected chi connectivity index (χ0v) is 13.7. The molecule has 2 aliphatic rings. The van der Waals surface area contributed by atoms with Gasteiger partial charge in [0.25, 0.3) is 0 Å². The Morgan fingerprint density at radius 1 is 1.36 bits per heavy atom. The third-order valence-corrected chi connectivity index (χ3v) is 5.86. The van der Waals surface area contributed by atoms with Crippen molar-refractivity contribution in [2.75, 3.05) is 13.1 Å². The van der Waals surface area contributed by atoms with Gasteiger partial charge in [0.15, 0.2) is 0 Å². The molecule has 0 radical (unpaired) electrons. The summed E-state index contributed by atoms with van der Waals surface area (Å²) in [7, 11) is 0. The average molecular weight is 328 g/mol. The Morgan fingerprint density at radius 3 is 2.73 bits per heavy atom. The minimum absolute atomic E-state index is 0.0773. The number of aryl methyl sites for hydroxylation is 1. The number of rotatable bonds is 2. The van der Waals surface area contributed by atoms with Crippen LogP contribution in [0.5, 0.6) is 0 Å². The lowest BCUT2D eigenvalue weighted by atomic mass is 9.85. The summed E-state index contributed by atoms with van der Waals surface area (Å²) < 4.78 is 26.5. The maximum absolute atomic E-state index is 13.2. The van der Waals surface area contributed by atoms with Crippen molar-refractivity contribution in [1.29, 1.82) is 0 Å². The van der Waals surface area contributed by atoms with Crippen molar-refractivity contribution in [3.8, 4) is 0 Å². The van der Waals surface area contributed by atoms with Crippen LogP contribution in [0.4, 0.5) is 8.78 Å². The minimum atomic E-state index is -2.57. The van der Waals surface area contributed by atoms with Gasteiger partial charge in [-0.1, -0.05) is 0 Å². The Morgan fingerprint density at radius 2 is 2.09 bits per heavy atom. The molecular weight excluding hydrogens is 306 g/mol. The van der Waals surface area contributed by atoms with Gasteiger partial charge in [-0.2, -0.15) is 0 Å². The number of thiazole rings is 1. The smallest absolute Gasteiger partial charge is 0.248 e. The maximum atomic E-state index is 13.2. The van der Waals surface area contributed by atoms with Crippen LogP contribution in [0.2, 0.25) is 0 Å². The van der Waals surface area contributed by atoms with Crippen LogP contribution in [0.3, 0.4) is 0 Å². The normalized spacial score (nSPS) is 26.1. The lowest BCUT2D eigenvalue weighted by Crippen LogP contribution is -2.44. The Hall–Kier alpha value is -1.04. The number of piperidine rings is 1. The highest BCUT2D eigenvalue weighted by atomic mass is 32.1. The Kier molecular flexibility index (Phi) is 4.48. The molecule has 1 aromatic rings. The van der Waals surface area contributed by atoms with E-state index >= 15 is 0 Å². The van der Waals surface area contributed by atoms with Gasteiger partial charge in [-0.25, -0.2) is 13.8 Å². The lowest BCUT2D eigenvalue weighted by molar-refractivity contribution is -0.140. The van der Waals surface area contributed by atoms with E-state index in [9.17, 15) is 13.6 Å². The fourth-order valence-electron chi connectivity index (χ4n) is 3.49. The molecule has 0 N–H and O–H groups in total. The first-order chi connectivity index (χ1) is 10.4. The van der Waals surface area contributed by atoms with Crippen molar-refractivity contribution in [1.82, 2.24) is 9.88 Å². The molecule has 1 amide bonds. The van der Waals surface area contributed by atoms with E-state index in [0.717, 1.165) is 24.4 Å². The van der Waals surface area contributed by atoms with Gasteiger partial charge in [-0.05, 0) is 32.6 Å². The number of nitrogens with zero attached hydrogens (tertiary/aromatic N) is 2. The molecule has 1 aromatic heterocycles. The van der Waals surface area contributed by atoms with Gasteiger partial charge < -0.3 is 4.90 Å². The SMILES string of the molecule is Cc1cnc(C2CCCN(C(=O)C3CCC(F)(F)CC3)C2)s1. The number of carbonyl (C=O) groups is 1. The third kappa shape index (κ3) is 3.47. The lowest BCUT2D eigenvalue weighted by Gasteiger charge is -2.36. The van der Waals surface area contributed by atoms with Crippen molar-refractivity contribution in [3.05, 3.63) is 16.1 Å². The van der Waals surface area contributed by atoms with Crippen molar-refractivity contribution in [2.45, 2.75) is 57.3 Å². The molecule has 2 fully saturated rings. The van der Waals surface area contributed by atoms with Crippen LogP contribution in [0.25, 0.3) is 0 Å². The van der Waals surface area contributed by atoms with Crippen LogP contribution < -0.4 is 0 Å². The van der Waals surface area contributed by atoms with E-state index in [1.54, 1.807) is 11.3 Å². The summed E-state index contributed by atoms with van der Waals surface area (Å²) in [4.78, 5) is 20.1. The van der Waals surface area contributed by atoms with Gasteiger partial charge in [0, 0.05) is 48.8 Å². The summed E-state index contributed by atoms with van der Waals surface area (Å²) in [6, 6.07) is 0. The molecule has 0 bridgehead atoms. The average Bonchev–Trinajstić information content (AvgIpc) is 2.93. The molecule has 22 heavy (non-hydrogen) atoms. The van der Waals surface area contributed by atoms with E-state index in [4.69, 9.17) is 0 Å². The van der Waals surface area contributed by atoms with Crippen molar-refractivity contribution >= 4 is 17.2 Å². The molecule has 3 nitrogen and oxygen atoms in total. The highest BCUT2D eigenvalue weighted by Crippen LogP contribution is 2.38. The summed E-state index contributed by atoms with van der Waals surface area (Å²) in [6.45, 7) is 3.49. The second-order valence-electron chi connectivity index (χ2n) is 6.56. The molecule has 2 heterocycles. The molecular formula is C16H22F2N2OS. The molecule has 1 atom stereocenters. The van der Waals surface area contributed by atoms with Gasteiger partial charge in [0.1, 0.15) is 0 Å². The number of halogens is 2. The Bertz CT molecular complexity index is 536. The molecule has 122 valence electrons. The first-order valence-electron chi connectivity index (χ1n) is 8.03. The molecule has 1 aliphatic heterocycles. The van der Waals surface area contributed by atoms with Crippen molar-refractivity contribution < 1.29 is 13.6 Å². The largest absolute Gasteiger partial charge is 0.342 e. The molecule has 1 saturated heterocycles. The summed E-state index contributed by atoms with van der Waals surface area (Å²) in [6.07, 6.45) is 4.26. The zero-order valence-electron chi connectivity index (χ0n) is 12.9. The fraction of sp³-hybridized carbons (Fsp3) is 0.750. The van der Waals surface area contributed by atoms with Gasteiger partial charge >= 0.3 is 0 Å². The number of carbonyl (C=O) groups excluding carboxylic acids is 1. The number of hydrogen-bond acceptors (Lipinski definition) is 3. The van der Waals surface area contributed by atoms with E-state index in [1.165, 1.54) is 4.88 Å². The van der Waals surface area contributed by atoms with Crippen LogP contribution in [0.15, 0.2) is 6.20 Å². The van der Waals surface area contributed by atoms with E-state index in [0.29, 0.717) is 25.3 Å². The maximum Gasteiger partial charge on any atom is 0.248 e. The number of likely N-dealkylation sites (tertiary alicyclic amines) is 1. The Balaban J connectivity index is 1.61. The second kappa shape index (κ2) is 6.22. The van der Waals surface area contributed by atoms with E-state index in [2.05, 4.69) is 4.98 Å². The van der Waals surface area contributed by atoms with Gasteiger partial charge in [-0.15, -0.1) is 11.3 Å². The van der Waals surface area contributed by atoms with Crippen LogP contribution in [-0.2, 0) is 4.79 Å². The first kappa shape index (κ1) is 15.8. The summed E-state index contributed by atoms with van der Waals surface area (Å²) in [5, 5.41) is 1.10. The minimum Gasteiger partial charge on any atom is -0.342 e. The number of alkyl halides is 2. The monoisotopic (exact) mass is 328 g/mol. The Labute approximate surface area is 133 Å². The third-order valence-electron chi connectivity index (χ3n) is 4.79. The number of amides is 1. The van der Waals surface area contributed by atoms with Gasteiger partial charge in [0.2, 0.25) is 11.8 Å². The molecule has 1 aliphatic carbocycles. The summed E-state index contributed by atoms with van der Waals surface area (Å²) in [5.41, 5.74) is 0. The zero-order chi connectivity index (χ0) is 15.7. The highest BCUT2D eigenvalue weighted by molar-refractivity contribution is 7.11. The molecule has 0 spiro atoms. The number of aromatic nitrogens is 1. The predicted octanol–water partition coefficient (Wildman–Crippen LogP) is 3.98. The van der Waals surface area contributed by atoms with E-state index < -0.39 is 5.92 Å². The van der Waals surface area contributed by atoms with Crippen LogP contribution in [0, 0.1) is 12.8 Å². The van der Waals surface area contributed by atoms with Crippen LogP contribution in [0.1, 0.15) is 54.3 Å². The van der Waals surface area contributed by atoms with Crippen molar-refractivity contribution in [2.24, 2.45) is 5.92 Å². The predicted molar refractivity (Wildman–Crippen MR) is 82.3 cm³/mol. The first-order valence-corrected chi connectivity index (χ1v) is 8.85. The van der Waals surface area contributed by atoms with Gasteiger partial charge in [-0.3, -0.25) is 4.79 Å². The quantitative estimate of drug-likeness (QED) is 0.822. The van der Waals surface area contributed by atoms with Gasteiger partial charge in [0.05, 0.1) is 5.01 Å². The van der Waals surface area contributed by atoms with Crippen molar-refractivity contribution in [3.63, 3.8) is 0 Å². The van der Waals surface area contributed by atoms with E-state index in [-0.39, 0.29) is 24.7 Å². The topological polar surface area (TPSA) is 33.2 Å². The standard InChI is InChI=1S/C16H22F2N2OS/c1-11-9-19-14(22-11)13-3-2-8-20(10-13)15(21)12-4-6-16(17,18)7-5-12/h9,12-13H,2-8,10H2,1H3. The molecule has 3 rings (SSSR count). The second-order valence-corrected chi connectivity index (χ2v) is 7.83. The summed E-state index contributed by atoms with van der Waals surface area (Å²) in [5.74, 6) is -2.40. The van der Waals surface area contributed by atoms with Crippen LogP contribution in [-0.4, -0.2) is 34.8 Å². The molecule has 1 saturated carbocycles. The fourth-order valence-corrected chi connectivity index (χ4v) is 4.38.